The largest absolute Gasteiger partial charge is 0.459 e. The van der Waals surface area contributed by atoms with E-state index in [2.05, 4.69) is 10.3 Å². The predicted molar refractivity (Wildman–Crippen MR) is 90.8 cm³/mol. The summed E-state index contributed by atoms with van der Waals surface area (Å²) in [6, 6.07) is 16.6. The minimum Gasteiger partial charge on any atom is -0.459 e. The van der Waals surface area contributed by atoms with Gasteiger partial charge in [0.25, 0.3) is 5.91 Å². The summed E-state index contributed by atoms with van der Waals surface area (Å²) < 4.78 is 10.9. The quantitative estimate of drug-likeness (QED) is 0.597. The number of aryl methyl sites for hydroxylation is 1. The van der Waals surface area contributed by atoms with Crippen LogP contribution in [0.5, 0.6) is 0 Å². The van der Waals surface area contributed by atoms with Gasteiger partial charge in [0.2, 0.25) is 5.89 Å². The van der Waals surface area contributed by atoms with Crippen LogP contribution in [0.2, 0.25) is 0 Å². The second-order valence-corrected chi connectivity index (χ2v) is 5.45. The summed E-state index contributed by atoms with van der Waals surface area (Å²) in [5.41, 5.74) is 3.96. The monoisotopic (exact) mass is 318 g/mol. The highest BCUT2D eigenvalue weighted by atomic mass is 16.3. The molecule has 2 aromatic heterocycles. The van der Waals surface area contributed by atoms with Crippen LogP contribution in [-0.4, -0.2) is 10.9 Å². The van der Waals surface area contributed by atoms with Crippen LogP contribution in [0.15, 0.2) is 69.7 Å². The van der Waals surface area contributed by atoms with Crippen molar-refractivity contribution in [2.45, 2.75) is 6.92 Å². The second kappa shape index (κ2) is 5.70. The van der Waals surface area contributed by atoms with Gasteiger partial charge in [0.05, 0.1) is 6.26 Å². The van der Waals surface area contributed by atoms with Crippen molar-refractivity contribution in [2.24, 2.45) is 0 Å². The molecule has 0 saturated carbocycles. The van der Waals surface area contributed by atoms with Crippen LogP contribution in [0.25, 0.3) is 22.6 Å². The number of para-hydroxylation sites is 2. The van der Waals surface area contributed by atoms with E-state index < -0.39 is 0 Å². The van der Waals surface area contributed by atoms with E-state index in [9.17, 15) is 4.79 Å². The van der Waals surface area contributed by atoms with Crippen molar-refractivity contribution in [2.75, 3.05) is 5.32 Å². The molecule has 0 saturated heterocycles. The van der Waals surface area contributed by atoms with Gasteiger partial charge in [-0.25, -0.2) is 4.98 Å². The molecule has 0 fully saturated rings. The highest BCUT2D eigenvalue weighted by molar-refractivity contribution is 6.03. The predicted octanol–water partition coefficient (Wildman–Crippen LogP) is 4.65. The molecule has 5 nitrogen and oxygen atoms in total. The Morgan fingerprint density at radius 2 is 1.96 bits per heavy atom. The number of furan rings is 1. The Balaban J connectivity index is 1.69. The lowest BCUT2D eigenvalue weighted by atomic mass is 10.1. The summed E-state index contributed by atoms with van der Waals surface area (Å²) in [5, 5.41) is 2.85. The average molecular weight is 318 g/mol. The SMILES string of the molecule is Cc1ccc(-c2nc3ccccc3o2)cc1NC(=O)c1ccco1. The van der Waals surface area contributed by atoms with Crippen LogP contribution >= 0.6 is 0 Å². The zero-order valence-electron chi connectivity index (χ0n) is 12.9. The second-order valence-electron chi connectivity index (χ2n) is 5.45. The van der Waals surface area contributed by atoms with Gasteiger partial charge in [0, 0.05) is 11.3 Å². The van der Waals surface area contributed by atoms with Crippen LogP contribution < -0.4 is 5.32 Å². The van der Waals surface area contributed by atoms with Crippen LogP contribution in [0, 0.1) is 6.92 Å². The first-order chi connectivity index (χ1) is 11.7. The molecule has 24 heavy (non-hydrogen) atoms. The minimum atomic E-state index is -0.294. The fourth-order valence-electron chi connectivity index (χ4n) is 2.48. The fourth-order valence-corrected chi connectivity index (χ4v) is 2.48. The molecule has 4 rings (SSSR count). The number of aromatic nitrogens is 1. The summed E-state index contributed by atoms with van der Waals surface area (Å²) in [7, 11) is 0. The standard InChI is InChI=1S/C19H14N2O3/c1-12-8-9-13(19-21-14-5-2-3-6-16(14)24-19)11-15(12)20-18(22)17-7-4-10-23-17/h2-11H,1H3,(H,20,22). The highest BCUT2D eigenvalue weighted by Crippen LogP contribution is 2.28. The number of fused-ring (bicyclic) bond motifs is 1. The summed E-state index contributed by atoms with van der Waals surface area (Å²) in [6.45, 7) is 1.92. The Labute approximate surface area is 137 Å². The van der Waals surface area contributed by atoms with Gasteiger partial charge in [0.1, 0.15) is 5.52 Å². The van der Waals surface area contributed by atoms with Gasteiger partial charge in [-0.05, 0) is 48.9 Å². The van der Waals surface area contributed by atoms with Crippen LogP contribution in [0.4, 0.5) is 5.69 Å². The molecule has 0 aliphatic heterocycles. The molecule has 0 aliphatic rings. The Morgan fingerprint density at radius 3 is 2.75 bits per heavy atom. The molecule has 0 bridgehead atoms. The molecule has 0 atom stereocenters. The molecule has 1 N–H and O–H groups in total. The minimum absolute atomic E-state index is 0.265. The molecule has 5 heteroatoms. The highest BCUT2D eigenvalue weighted by Gasteiger charge is 2.13. The van der Waals surface area contributed by atoms with E-state index in [1.165, 1.54) is 6.26 Å². The Morgan fingerprint density at radius 1 is 1.08 bits per heavy atom. The van der Waals surface area contributed by atoms with Crippen LogP contribution in [0.1, 0.15) is 16.1 Å². The summed E-state index contributed by atoms with van der Waals surface area (Å²) in [5.74, 6) is 0.490. The third-order valence-corrected chi connectivity index (χ3v) is 3.77. The number of oxazole rings is 1. The number of anilines is 1. The zero-order chi connectivity index (χ0) is 16.5. The van der Waals surface area contributed by atoms with E-state index in [0.29, 0.717) is 11.6 Å². The van der Waals surface area contributed by atoms with Crippen molar-refractivity contribution in [1.29, 1.82) is 0 Å². The summed E-state index contributed by atoms with van der Waals surface area (Å²) in [6.07, 6.45) is 1.47. The van der Waals surface area contributed by atoms with Gasteiger partial charge in [-0.3, -0.25) is 4.79 Å². The lowest BCUT2D eigenvalue weighted by Gasteiger charge is -2.08. The van der Waals surface area contributed by atoms with E-state index in [1.807, 2.05) is 49.4 Å². The number of hydrogen-bond acceptors (Lipinski definition) is 4. The van der Waals surface area contributed by atoms with Crippen molar-refractivity contribution in [3.05, 3.63) is 72.2 Å². The van der Waals surface area contributed by atoms with Gasteiger partial charge in [-0.2, -0.15) is 0 Å². The molecule has 1 amide bonds. The number of benzene rings is 2. The summed E-state index contributed by atoms with van der Waals surface area (Å²) >= 11 is 0. The number of carbonyl (C=O) groups excluding carboxylic acids is 1. The number of amides is 1. The molecule has 0 spiro atoms. The number of carbonyl (C=O) groups is 1. The Hall–Kier alpha value is -3.34. The average Bonchev–Trinajstić information content (AvgIpc) is 3.26. The van der Waals surface area contributed by atoms with Gasteiger partial charge >= 0.3 is 0 Å². The van der Waals surface area contributed by atoms with Gasteiger partial charge < -0.3 is 14.2 Å². The van der Waals surface area contributed by atoms with Crippen LogP contribution in [0.3, 0.4) is 0 Å². The number of nitrogens with zero attached hydrogens (tertiary/aromatic N) is 1. The maximum absolute atomic E-state index is 12.2. The molecule has 0 unspecified atom stereocenters. The molecule has 118 valence electrons. The van der Waals surface area contributed by atoms with Crippen molar-refractivity contribution < 1.29 is 13.6 Å². The normalized spacial score (nSPS) is 10.9. The van der Waals surface area contributed by atoms with E-state index in [0.717, 1.165) is 22.2 Å². The lowest BCUT2D eigenvalue weighted by Crippen LogP contribution is -2.11. The van der Waals surface area contributed by atoms with E-state index in [4.69, 9.17) is 8.83 Å². The van der Waals surface area contributed by atoms with Crippen molar-refractivity contribution in [1.82, 2.24) is 4.98 Å². The first-order valence-corrected chi connectivity index (χ1v) is 7.52. The molecular formula is C19H14N2O3. The Kier molecular flexibility index (Phi) is 3.39. The van der Waals surface area contributed by atoms with E-state index >= 15 is 0 Å². The van der Waals surface area contributed by atoms with Crippen LogP contribution in [-0.2, 0) is 0 Å². The molecule has 4 aromatic rings. The van der Waals surface area contributed by atoms with E-state index in [1.54, 1.807) is 12.1 Å². The maximum atomic E-state index is 12.2. The smallest absolute Gasteiger partial charge is 0.291 e. The zero-order valence-corrected chi connectivity index (χ0v) is 12.9. The topological polar surface area (TPSA) is 68.3 Å². The number of hydrogen-bond donors (Lipinski definition) is 1. The molecule has 0 aliphatic carbocycles. The third kappa shape index (κ3) is 2.56. The number of rotatable bonds is 3. The van der Waals surface area contributed by atoms with Crippen molar-refractivity contribution >= 4 is 22.7 Å². The molecule has 2 heterocycles. The summed E-state index contributed by atoms with van der Waals surface area (Å²) in [4.78, 5) is 16.7. The Bertz CT molecular complexity index is 983. The van der Waals surface area contributed by atoms with E-state index in [-0.39, 0.29) is 11.7 Å². The van der Waals surface area contributed by atoms with Gasteiger partial charge in [-0.1, -0.05) is 18.2 Å². The maximum Gasteiger partial charge on any atom is 0.291 e. The number of nitrogens with one attached hydrogen (secondary N) is 1. The van der Waals surface area contributed by atoms with Gasteiger partial charge in [0.15, 0.2) is 11.3 Å². The third-order valence-electron chi connectivity index (χ3n) is 3.77. The van der Waals surface area contributed by atoms with Crippen molar-refractivity contribution in [3.8, 4) is 11.5 Å². The molecule has 2 aromatic carbocycles. The lowest BCUT2D eigenvalue weighted by molar-refractivity contribution is 0.0996. The van der Waals surface area contributed by atoms with Gasteiger partial charge in [-0.15, -0.1) is 0 Å². The fraction of sp³-hybridized carbons (Fsp3) is 0.0526. The molecular weight excluding hydrogens is 304 g/mol. The van der Waals surface area contributed by atoms with Crippen molar-refractivity contribution in [3.63, 3.8) is 0 Å². The first kappa shape index (κ1) is 14.3. The molecule has 0 radical (unpaired) electrons. The first-order valence-electron chi connectivity index (χ1n) is 7.52.